The number of hydrogen-bond donors (Lipinski definition) is 2. The number of ether oxygens (including phenoxy) is 1. The highest BCUT2D eigenvalue weighted by Gasteiger charge is 2.74. The lowest BCUT2D eigenvalue weighted by molar-refractivity contribution is -0.274. The Balaban J connectivity index is 1.19. The Morgan fingerprint density at radius 3 is 2.34 bits per heavy atom. The number of aliphatic hydroxyl groups is 2. The molecule has 13 heteroatoms. The molecule has 2 heterocycles. The summed E-state index contributed by atoms with van der Waals surface area (Å²) >= 11 is 2.53. The number of aryl methyl sites for hydroxylation is 1. The first kappa shape index (κ1) is 37.1. The van der Waals surface area contributed by atoms with E-state index in [1.54, 1.807) is 11.4 Å². The van der Waals surface area contributed by atoms with Gasteiger partial charge in [0, 0.05) is 39.8 Å². The first-order chi connectivity index (χ1) is 24.9. The maximum atomic E-state index is 14.7. The number of thiophene rings is 2. The predicted octanol–water partition coefficient (Wildman–Crippen LogP) is 8.68. The summed E-state index contributed by atoms with van der Waals surface area (Å²) in [6, 6.07) is 12.1. The quantitative estimate of drug-likeness (QED) is 0.166. The molecule has 1 aromatic carbocycles. The summed E-state index contributed by atoms with van der Waals surface area (Å²) in [4.78, 5) is 16.4. The number of benzene rings is 1. The molecule has 2 aromatic heterocycles. The summed E-state index contributed by atoms with van der Waals surface area (Å²) in [5.41, 5.74) is -2.48. The largest absolute Gasteiger partial charge is 0.573 e. The lowest BCUT2D eigenvalue weighted by atomic mass is 9.32. The van der Waals surface area contributed by atoms with Gasteiger partial charge in [0.15, 0.2) is 5.78 Å². The summed E-state index contributed by atoms with van der Waals surface area (Å²) in [5.74, 6) is -0.526. The van der Waals surface area contributed by atoms with Gasteiger partial charge < -0.3 is 14.9 Å². The van der Waals surface area contributed by atoms with Crippen LogP contribution in [0.4, 0.5) is 13.2 Å². The van der Waals surface area contributed by atoms with Gasteiger partial charge in [-0.3, -0.25) is 4.79 Å². The van der Waals surface area contributed by atoms with Gasteiger partial charge in [0.2, 0.25) is 0 Å². The van der Waals surface area contributed by atoms with E-state index < -0.39 is 50.1 Å². The number of allylic oxidation sites excluding steroid dienone is 4. The van der Waals surface area contributed by atoms with E-state index in [1.165, 1.54) is 33.8 Å². The number of aliphatic hydroxyl groups excluding tert-OH is 1. The van der Waals surface area contributed by atoms with E-state index >= 15 is 0 Å². The lowest BCUT2D eigenvalue weighted by Crippen LogP contribution is -2.67. The number of fused-ring (bicyclic) bond motifs is 1. The van der Waals surface area contributed by atoms with E-state index in [4.69, 9.17) is 0 Å². The molecule has 2 spiro atoms. The van der Waals surface area contributed by atoms with Gasteiger partial charge in [-0.1, -0.05) is 50.3 Å². The van der Waals surface area contributed by atoms with Crippen molar-refractivity contribution in [2.75, 3.05) is 6.54 Å². The smallest absolute Gasteiger partial charge is 0.406 e. The zero-order valence-electron chi connectivity index (χ0n) is 29.9. The summed E-state index contributed by atoms with van der Waals surface area (Å²) in [7, 11) is -4.13. The molecule has 53 heavy (non-hydrogen) atoms. The fraction of sp³-hybridized carbons (Fsp3) is 0.525. The summed E-state index contributed by atoms with van der Waals surface area (Å²) in [6.45, 7) is 5.96. The molecule has 0 radical (unpaired) electrons. The van der Waals surface area contributed by atoms with Gasteiger partial charge in [0.05, 0.1) is 16.6 Å². The molecule has 3 aromatic rings. The van der Waals surface area contributed by atoms with E-state index in [2.05, 4.69) is 36.8 Å². The van der Waals surface area contributed by atoms with Crippen LogP contribution in [0.3, 0.4) is 0 Å². The third-order valence-electron chi connectivity index (χ3n) is 14.0. The van der Waals surface area contributed by atoms with Crippen LogP contribution in [0.15, 0.2) is 81.9 Å². The van der Waals surface area contributed by atoms with Gasteiger partial charge in [-0.25, -0.2) is 8.42 Å². The molecule has 7 nitrogen and oxygen atoms in total. The number of sulfonamides is 1. The van der Waals surface area contributed by atoms with Crippen molar-refractivity contribution in [1.82, 2.24) is 4.31 Å². The minimum Gasteiger partial charge on any atom is -0.406 e. The van der Waals surface area contributed by atoms with Crippen LogP contribution < -0.4 is 4.74 Å². The van der Waals surface area contributed by atoms with Crippen LogP contribution in [0.2, 0.25) is 0 Å². The van der Waals surface area contributed by atoms with Crippen molar-refractivity contribution in [3.63, 3.8) is 0 Å². The van der Waals surface area contributed by atoms with Gasteiger partial charge >= 0.3 is 6.36 Å². The fourth-order valence-corrected chi connectivity index (χ4v) is 14.8. The molecule has 0 amide bonds. The normalized spacial score (nSPS) is 36.2. The summed E-state index contributed by atoms with van der Waals surface area (Å²) < 4.78 is 72.6. The van der Waals surface area contributed by atoms with E-state index in [1.807, 2.05) is 19.1 Å². The molecule has 0 saturated heterocycles. The van der Waals surface area contributed by atoms with Crippen molar-refractivity contribution >= 4 is 38.5 Å². The molecule has 2 bridgehead atoms. The maximum Gasteiger partial charge on any atom is 0.573 e. The van der Waals surface area contributed by atoms with Crippen molar-refractivity contribution in [1.29, 1.82) is 0 Å². The van der Waals surface area contributed by atoms with E-state index in [0.29, 0.717) is 42.5 Å². The first-order valence-corrected chi connectivity index (χ1v) is 21.3. The highest BCUT2D eigenvalue weighted by atomic mass is 32.2. The third kappa shape index (κ3) is 5.57. The second kappa shape index (κ2) is 12.3. The first-order valence-electron chi connectivity index (χ1n) is 18.2. The topological polar surface area (TPSA) is 104 Å². The van der Waals surface area contributed by atoms with Crippen LogP contribution in [-0.4, -0.2) is 53.3 Å². The molecule has 284 valence electrons. The van der Waals surface area contributed by atoms with Crippen LogP contribution in [0, 0.1) is 40.4 Å². The molecular weight excluding hydrogens is 744 g/mol. The van der Waals surface area contributed by atoms with Gasteiger partial charge in [-0.15, -0.1) is 35.8 Å². The van der Waals surface area contributed by atoms with Crippen LogP contribution in [-0.2, 0) is 16.6 Å². The minimum atomic E-state index is -4.86. The third-order valence-corrected chi connectivity index (χ3v) is 18.1. The molecule has 1 unspecified atom stereocenters. The van der Waals surface area contributed by atoms with Crippen molar-refractivity contribution in [2.24, 2.45) is 33.5 Å². The Morgan fingerprint density at radius 2 is 1.68 bits per heavy atom. The maximum absolute atomic E-state index is 14.7. The van der Waals surface area contributed by atoms with Gasteiger partial charge in [-0.05, 0) is 110 Å². The molecule has 3 fully saturated rings. The number of rotatable bonds is 9. The number of carbonyl (C=O) groups excluding carboxylic acids is 1. The number of hydrogen-bond acceptors (Lipinski definition) is 8. The monoisotopic (exact) mass is 787 g/mol. The predicted molar refractivity (Wildman–Crippen MR) is 197 cm³/mol. The zero-order chi connectivity index (χ0) is 37.8. The molecule has 6 aliphatic rings. The van der Waals surface area contributed by atoms with Crippen LogP contribution in [0.5, 0.6) is 5.75 Å². The molecule has 6 aliphatic carbocycles. The number of alkyl halides is 3. The molecule has 0 aliphatic heterocycles. The zero-order valence-corrected chi connectivity index (χ0v) is 32.3. The van der Waals surface area contributed by atoms with Crippen molar-refractivity contribution in [3.8, 4) is 5.75 Å². The van der Waals surface area contributed by atoms with Gasteiger partial charge in [-0.2, -0.15) is 4.31 Å². The Bertz CT molecular complexity index is 2090. The number of carbonyl (C=O) groups is 1. The summed E-state index contributed by atoms with van der Waals surface area (Å²) in [5, 5.41) is 25.6. The highest BCUT2D eigenvalue weighted by molar-refractivity contribution is 7.91. The van der Waals surface area contributed by atoms with E-state index in [-0.39, 0.29) is 40.3 Å². The average molecular weight is 788 g/mol. The van der Waals surface area contributed by atoms with Crippen molar-refractivity contribution in [2.45, 2.75) is 94.5 Å². The Hall–Kier alpha value is -2.81. The van der Waals surface area contributed by atoms with Crippen molar-refractivity contribution < 1.29 is 41.3 Å². The standard InChI is InChI=1S/C40H44F3NO6S3/c1-25-6-11-30(52-25)34(46)29-22-37-18-19-39(29)31(35(37,2)15-12-27(45)21-37)13-16-36(3)32(39)14-17-38(36,47)24-44(53(48,49)33-5-4-20-51-33)23-26-7-9-28(10-8-26)50-40(41,42)43/h4-11,18-20,22,27,31-32,45,47H,12-17,21,23-24H2,1-3H3/t27?,31-,32-,35-,36+,37+,38-,39-/m1/s1. The minimum absolute atomic E-state index is 0.0153. The number of ketones is 1. The van der Waals surface area contributed by atoms with Crippen LogP contribution >= 0.6 is 22.7 Å². The molecule has 2 N–H and O–H groups in total. The highest BCUT2D eigenvalue weighted by Crippen LogP contribution is 2.78. The SMILES string of the molecule is Cc1ccc(C(=O)C2=C[C@@]34C=C[C@@]25[C@@H]2CC[C@@](O)(CN(Cc6ccc(OC(F)(F)F)cc6)S(=O)(=O)c6cccs6)[C@@]2(C)CC[C@@H]5[C@@]3(C)CCC(O)C4)s1. The lowest BCUT2D eigenvalue weighted by Gasteiger charge is -2.71. The molecule has 9 rings (SSSR count). The molecule has 8 atom stereocenters. The molecular formula is C40H44F3NO6S3. The Labute approximate surface area is 316 Å². The van der Waals surface area contributed by atoms with Gasteiger partial charge in [0.25, 0.3) is 10.0 Å². The second-order valence-electron chi connectivity index (χ2n) is 16.4. The number of Topliss-reactive ketones (excluding diaryl/α,β-unsaturated/α-hetero) is 1. The van der Waals surface area contributed by atoms with Gasteiger partial charge in [0.1, 0.15) is 9.96 Å². The van der Waals surface area contributed by atoms with Crippen LogP contribution in [0.25, 0.3) is 0 Å². The van der Waals surface area contributed by atoms with E-state index in [9.17, 15) is 36.6 Å². The molecule has 3 saturated carbocycles. The number of halogens is 3. The van der Waals surface area contributed by atoms with E-state index in [0.717, 1.165) is 46.8 Å². The van der Waals surface area contributed by atoms with Crippen LogP contribution in [0.1, 0.15) is 78.9 Å². The fourth-order valence-electron chi connectivity index (χ4n) is 11.3. The Kier molecular flexibility index (Phi) is 8.65. The Morgan fingerprint density at radius 1 is 0.981 bits per heavy atom. The van der Waals surface area contributed by atoms with Crippen molar-refractivity contribution in [3.05, 3.63) is 93.0 Å². The second-order valence-corrected chi connectivity index (χ2v) is 20.8. The number of nitrogens with zero attached hydrogens (tertiary/aromatic N) is 1. The summed E-state index contributed by atoms with van der Waals surface area (Å²) in [6.07, 6.45) is 5.61. The average Bonchev–Trinajstić information content (AvgIpc) is 3.85.